The molecule has 2 rings (SSSR count). The van der Waals surface area contributed by atoms with Crippen molar-refractivity contribution < 1.29 is 18.0 Å². The van der Waals surface area contributed by atoms with E-state index in [2.05, 4.69) is 5.32 Å². The van der Waals surface area contributed by atoms with Crippen molar-refractivity contribution >= 4 is 5.91 Å². The highest BCUT2D eigenvalue weighted by atomic mass is 19.4. The first-order valence-electron chi connectivity index (χ1n) is 3.77. The van der Waals surface area contributed by atoms with E-state index in [0.717, 1.165) is 0 Å². The highest BCUT2D eigenvalue weighted by molar-refractivity contribution is 5.85. The molecule has 1 N–H and O–H groups in total. The number of piperidine rings is 1. The molecule has 0 aromatic rings. The van der Waals surface area contributed by atoms with Crippen LogP contribution in [0.15, 0.2) is 0 Å². The number of alkyl halides is 3. The van der Waals surface area contributed by atoms with Crippen molar-refractivity contribution in [1.29, 1.82) is 0 Å². The lowest BCUT2D eigenvalue weighted by atomic mass is 10.0. The summed E-state index contributed by atoms with van der Waals surface area (Å²) in [6.45, 7) is 0.204. The van der Waals surface area contributed by atoms with Crippen molar-refractivity contribution in [3.05, 3.63) is 0 Å². The average Bonchev–Trinajstić information content (AvgIpc) is 2.49. The molecule has 1 aliphatic heterocycles. The van der Waals surface area contributed by atoms with Crippen molar-refractivity contribution in [3.8, 4) is 0 Å². The van der Waals surface area contributed by atoms with Crippen LogP contribution in [0.4, 0.5) is 13.2 Å². The SMILES string of the molecule is O=C1NCC2(CC(F)(F)F)CC12. The Hall–Kier alpha value is -0.740. The van der Waals surface area contributed by atoms with Gasteiger partial charge in [0.25, 0.3) is 0 Å². The number of hydrogen-bond donors (Lipinski definition) is 1. The van der Waals surface area contributed by atoms with Crippen LogP contribution in [0.5, 0.6) is 0 Å². The summed E-state index contributed by atoms with van der Waals surface area (Å²) in [7, 11) is 0. The van der Waals surface area contributed by atoms with Gasteiger partial charge >= 0.3 is 6.18 Å². The second-order valence-electron chi connectivity index (χ2n) is 3.63. The number of hydrogen-bond acceptors (Lipinski definition) is 1. The molecule has 2 fully saturated rings. The Kier molecular flexibility index (Phi) is 1.28. The minimum absolute atomic E-state index is 0.204. The van der Waals surface area contributed by atoms with E-state index in [4.69, 9.17) is 0 Å². The number of carbonyl (C=O) groups excluding carboxylic acids is 1. The summed E-state index contributed by atoms with van der Waals surface area (Å²) < 4.78 is 35.9. The maximum Gasteiger partial charge on any atom is 0.389 e. The zero-order valence-electron chi connectivity index (χ0n) is 6.24. The topological polar surface area (TPSA) is 29.1 Å². The number of fused-ring (bicyclic) bond motifs is 1. The van der Waals surface area contributed by atoms with Crippen LogP contribution in [-0.4, -0.2) is 18.6 Å². The van der Waals surface area contributed by atoms with E-state index >= 15 is 0 Å². The Bertz CT molecular complexity index is 237. The first-order valence-corrected chi connectivity index (χ1v) is 3.77. The Morgan fingerprint density at radius 2 is 2.25 bits per heavy atom. The van der Waals surface area contributed by atoms with Crippen molar-refractivity contribution in [2.45, 2.75) is 19.0 Å². The molecule has 1 amide bonds. The predicted molar refractivity (Wildman–Crippen MR) is 34.2 cm³/mol. The van der Waals surface area contributed by atoms with Crippen LogP contribution < -0.4 is 5.32 Å². The van der Waals surface area contributed by atoms with E-state index in [1.807, 2.05) is 0 Å². The molecule has 2 atom stereocenters. The van der Waals surface area contributed by atoms with Gasteiger partial charge in [0, 0.05) is 17.9 Å². The molecule has 1 aliphatic carbocycles. The fourth-order valence-corrected chi connectivity index (χ4v) is 1.96. The van der Waals surface area contributed by atoms with E-state index in [9.17, 15) is 18.0 Å². The standard InChI is InChI=1S/C7H8F3NO/c8-7(9,10)2-6-1-4(6)5(12)11-3-6/h4H,1-3H2,(H,11,12). The molecular formula is C7H8F3NO. The largest absolute Gasteiger partial charge is 0.389 e. The van der Waals surface area contributed by atoms with Gasteiger partial charge in [-0.3, -0.25) is 4.79 Å². The zero-order chi connectivity index (χ0) is 8.98. The maximum atomic E-state index is 12.0. The van der Waals surface area contributed by atoms with Crippen molar-refractivity contribution in [1.82, 2.24) is 5.32 Å². The fourth-order valence-electron chi connectivity index (χ4n) is 1.96. The second-order valence-corrected chi connectivity index (χ2v) is 3.63. The van der Waals surface area contributed by atoms with Crippen LogP contribution >= 0.6 is 0 Å². The maximum absolute atomic E-state index is 12.0. The molecule has 0 spiro atoms. The molecule has 2 aliphatic rings. The summed E-state index contributed by atoms with van der Waals surface area (Å²) in [6, 6.07) is 0. The molecule has 2 nitrogen and oxygen atoms in total. The summed E-state index contributed by atoms with van der Waals surface area (Å²) in [6.07, 6.45) is -4.54. The van der Waals surface area contributed by atoms with Gasteiger partial charge in [-0.1, -0.05) is 0 Å². The van der Waals surface area contributed by atoms with Crippen LogP contribution in [-0.2, 0) is 4.79 Å². The molecule has 1 heterocycles. The van der Waals surface area contributed by atoms with Crippen molar-refractivity contribution in [2.24, 2.45) is 11.3 Å². The average molecular weight is 179 g/mol. The van der Waals surface area contributed by atoms with Crippen LogP contribution in [0, 0.1) is 11.3 Å². The lowest BCUT2D eigenvalue weighted by Gasteiger charge is -2.12. The quantitative estimate of drug-likeness (QED) is 0.641. The van der Waals surface area contributed by atoms with E-state index in [0.29, 0.717) is 6.42 Å². The Morgan fingerprint density at radius 3 is 2.58 bits per heavy atom. The molecule has 12 heavy (non-hydrogen) atoms. The predicted octanol–water partition coefficient (Wildman–Crippen LogP) is 1.07. The highest BCUT2D eigenvalue weighted by Crippen LogP contribution is 2.60. The van der Waals surface area contributed by atoms with Crippen LogP contribution in [0.2, 0.25) is 0 Å². The normalized spacial score (nSPS) is 39.2. The Balaban J connectivity index is 2.04. The minimum atomic E-state index is -4.14. The van der Waals surface area contributed by atoms with E-state index in [-0.39, 0.29) is 18.4 Å². The molecule has 5 heteroatoms. The molecule has 2 unspecified atom stereocenters. The van der Waals surface area contributed by atoms with Gasteiger partial charge < -0.3 is 5.32 Å². The van der Waals surface area contributed by atoms with Gasteiger partial charge in [-0.2, -0.15) is 13.2 Å². The highest BCUT2D eigenvalue weighted by Gasteiger charge is 2.65. The lowest BCUT2D eigenvalue weighted by molar-refractivity contribution is -0.147. The summed E-state index contributed by atoms with van der Waals surface area (Å²) in [5.41, 5.74) is -0.769. The van der Waals surface area contributed by atoms with Crippen molar-refractivity contribution in [3.63, 3.8) is 0 Å². The van der Waals surface area contributed by atoms with E-state index < -0.39 is 18.0 Å². The van der Waals surface area contributed by atoms with Gasteiger partial charge in [-0.05, 0) is 6.42 Å². The third-order valence-electron chi connectivity index (χ3n) is 2.67. The van der Waals surface area contributed by atoms with E-state index in [1.54, 1.807) is 0 Å². The lowest BCUT2D eigenvalue weighted by Crippen LogP contribution is -2.24. The number of carbonyl (C=O) groups is 1. The first kappa shape index (κ1) is 7.89. The minimum Gasteiger partial charge on any atom is -0.355 e. The summed E-state index contributed by atoms with van der Waals surface area (Å²) in [5, 5.41) is 2.44. The monoisotopic (exact) mass is 179 g/mol. The summed E-state index contributed by atoms with van der Waals surface area (Å²) in [5.74, 6) is -0.571. The number of amides is 1. The van der Waals surface area contributed by atoms with E-state index in [1.165, 1.54) is 0 Å². The molecule has 1 saturated heterocycles. The van der Waals surface area contributed by atoms with Crippen molar-refractivity contribution in [2.75, 3.05) is 6.54 Å². The van der Waals surface area contributed by atoms with Crippen LogP contribution in [0.25, 0.3) is 0 Å². The van der Waals surface area contributed by atoms with Gasteiger partial charge in [0.15, 0.2) is 0 Å². The summed E-state index contributed by atoms with van der Waals surface area (Å²) >= 11 is 0. The van der Waals surface area contributed by atoms with Gasteiger partial charge in [0.1, 0.15) is 0 Å². The van der Waals surface area contributed by atoms with Gasteiger partial charge in [-0.15, -0.1) is 0 Å². The third-order valence-corrected chi connectivity index (χ3v) is 2.67. The molecule has 0 aromatic carbocycles. The van der Waals surface area contributed by atoms with Crippen LogP contribution in [0.1, 0.15) is 12.8 Å². The Labute approximate surface area is 67.1 Å². The zero-order valence-corrected chi connectivity index (χ0v) is 6.24. The number of nitrogens with one attached hydrogen (secondary N) is 1. The second kappa shape index (κ2) is 1.95. The molecule has 0 bridgehead atoms. The third kappa shape index (κ3) is 1.07. The number of halogens is 3. The molecule has 68 valence electrons. The molecule has 0 aromatic heterocycles. The molecule has 1 saturated carbocycles. The number of rotatable bonds is 1. The fraction of sp³-hybridized carbons (Fsp3) is 0.857. The molecular weight excluding hydrogens is 171 g/mol. The van der Waals surface area contributed by atoms with Gasteiger partial charge in [0.2, 0.25) is 5.91 Å². The Morgan fingerprint density at radius 1 is 1.58 bits per heavy atom. The summed E-state index contributed by atoms with van der Waals surface area (Å²) in [4.78, 5) is 10.8. The van der Waals surface area contributed by atoms with Gasteiger partial charge in [-0.25, -0.2) is 0 Å². The molecule has 0 radical (unpaired) electrons. The van der Waals surface area contributed by atoms with Crippen LogP contribution in [0.3, 0.4) is 0 Å². The smallest absolute Gasteiger partial charge is 0.355 e. The van der Waals surface area contributed by atoms with Gasteiger partial charge in [0.05, 0.1) is 6.42 Å². The first-order chi connectivity index (χ1) is 5.43.